The van der Waals surface area contributed by atoms with Crippen molar-refractivity contribution in [2.45, 2.75) is 24.8 Å². The van der Waals surface area contributed by atoms with Crippen molar-refractivity contribution >= 4 is 33.6 Å². The van der Waals surface area contributed by atoms with Gasteiger partial charge in [0.05, 0.1) is 12.9 Å². The molecule has 0 bridgehead atoms. The third-order valence-electron chi connectivity index (χ3n) is 4.66. The van der Waals surface area contributed by atoms with Crippen molar-refractivity contribution in [1.82, 2.24) is 14.9 Å². The molecule has 0 radical (unpaired) electrons. The Hall–Kier alpha value is -2.25. The van der Waals surface area contributed by atoms with E-state index >= 15 is 0 Å². The molecule has 3 aromatic rings. The number of nitrogens with one attached hydrogen (secondary N) is 1. The van der Waals surface area contributed by atoms with Gasteiger partial charge in [0.2, 0.25) is 5.91 Å². The first-order valence-corrected chi connectivity index (χ1v) is 11.0. The first kappa shape index (κ1) is 21.5. The van der Waals surface area contributed by atoms with Crippen LogP contribution in [0, 0.1) is 13.8 Å². The molecular weight excluding hydrogens is 450 g/mol. The number of aryl methyl sites for hydroxylation is 3. The molecule has 0 aliphatic rings. The molecule has 1 aromatic heterocycles. The predicted molar refractivity (Wildman–Crippen MR) is 121 cm³/mol. The minimum Gasteiger partial charge on any atom is -0.497 e. The lowest BCUT2D eigenvalue weighted by Crippen LogP contribution is -2.32. The van der Waals surface area contributed by atoms with Crippen molar-refractivity contribution in [1.29, 1.82) is 0 Å². The van der Waals surface area contributed by atoms with Crippen LogP contribution in [-0.4, -0.2) is 28.3 Å². The van der Waals surface area contributed by atoms with Crippen molar-refractivity contribution in [3.63, 3.8) is 0 Å². The van der Waals surface area contributed by atoms with Gasteiger partial charge < -0.3 is 14.6 Å². The average molecular weight is 474 g/mol. The summed E-state index contributed by atoms with van der Waals surface area (Å²) in [5, 5.41) is 3.14. The van der Waals surface area contributed by atoms with Gasteiger partial charge in [-0.2, -0.15) is 0 Å². The van der Waals surface area contributed by atoms with Crippen LogP contribution < -0.4 is 10.1 Å². The van der Waals surface area contributed by atoms with Crippen LogP contribution in [0.15, 0.2) is 58.2 Å². The van der Waals surface area contributed by atoms with E-state index in [0.717, 1.165) is 37.6 Å². The fraction of sp³-hybridized carbons (Fsp3) is 0.273. The highest BCUT2D eigenvalue weighted by Crippen LogP contribution is 2.29. The number of aromatic nitrogens is 2. The van der Waals surface area contributed by atoms with Crippen molar-refractivity contribution < 1.29 is 9.53 Å². The molecule has 1 N–H and O–H groups in total. The Balaban J connectivity index is 1.78. The number of imidazole rings is 1. The molecule has 0 fully saturated rings. The van der Waals surface area contributed by atoms with Crippen molar-refractivity contribution in [2.75, 3.05) is 12.9 Å². The van der Waals surface area contributed by atoms with Crippen LogP contribution in [0.2, 0.25) is 0 Å². The van der Waals surface area contributed by atoms with Crippen LogP contribution >= 0.6 is 27.7 Å². The Morgan fingerprint density at radius 3 is 2.76 bits per heavy atom. The number of halogens is 1. The average Bonchev–Trinajstić information content (AvgIpc) is 3.13. The van der Waals surface area contributed by atoms with Crippen molar-refractivity contribution in [3.8, 4) is 5.75 Å². The topological polar surface area (TPSA) is 56.1 Å². The van der Waals surface area contributed by atoms with Gasteiger partial charge in [0.1, 0.15) is 17.6 Å². The van der Waals surface area contributed by atoms with Gasteiger partial charge in [0.25, 0.3) is 0 Å². The van der Waals surface area contributed by atoms with Crippen molar-refractivity contribution in [3.05, 3.63) is 75.8 Å². The van der Waals surface area contributed by atoms with E-state index in [4.69, 9.17) is 4.74 Å². The number of methoxy groups -OCH3 is 1. The fourth-order valence-corrected chi connectivity index (χ4v) is 4.40. The number of hydrogen-bond acceptors (Lipinski definition) is 4. The van der Waals surface area contributed by atoms with E-state index in [2.05, 4.69) is 45.3 Å². The maximum atomic E-state index is 12.8. The summed E-state index contributed by atoms with van der Waals surface area (Å²) >= 11 is 5.09. The maximum absolute atomic E-state index is 12.8. The first-order valence-electron chi connectivity index (χ1n) is 9.19. The number of nitrogens with zero attached hydrogens (tertiary/aromatic N) is 2. The standard InChI is InChI=1S/C22H24BrN3O2S/c1-14-11-19(15(2)10-18(14)23)29-13-20(27)25-21(22-24-8-9-26(22)3)16-6-5-7-17(12-16)28-4/h5-12,21H,13H2,1-4H3,(H,25,27)/t21-/m1/s1. The highest BCUT2D eigenvalue weighted by Gasteiger charge is 2.21. The van der Waals surface area contributed by atoms with E-state index < -0.39 is 0 Å². The molecule has 1 heterocycles. The summed E-state index contributed by atoms with van der Waals surface area (Å²) < 4.78 is 8.35. The number of hydrogen-bond donors (Lipinski definition) is 1. The van der Waals surface area contributed by atoms with E-state index in [1.165, 1.54) is 11.8 Å². The normalized spacial score (nSPS) is 11.9. The molecule has 0 spiro atoms. The maximum Gasteiger partial charge on any atom is 0.231 e. The van der Waals surface area contributed by atoms with Gasteiger partial charge in [0.15, 0.2) is 0 Å². The molecule has 152 valence electrons. The second-order valence-electron chi connectivity index (χ2n) is 6.83. The van der Waals surface area contributed by atoms with Gasteiger partial charge in [-0.1, -0.05) is 28.1 Å². The lowest BCUT2D eigenvalue weighted by atomic mass is 10.1. The lowest BCUT2D eigenvalue weighted by Gasteiger charge is -2.20. The molecule has 29 heavy (non-hydrogen) atoms. The van der Waals surface area contributed by atoms with Gasteiger partial charge in [-0.25, -0.2) is 4.98 Å². The van der Waals surface area contributed by atoms with Gasteiger partial charge in [-0.05, 0) is 54.8 Å². The largest absolute Gasteiger partial charge is 0.497 e. The number of carbonyl (C=O) groups excluding carboxylic acids is 1. The molecule has 1 atom stereocenters. The van der Waals surface area contributed by atoms with Gasteiger partial charge in [0, 0.05) is 28.8 Å². The Bertz CT molecular complexity index is 1020. The lowest BCUT2D eigenvalue weighted by molar-refractivity contribution is -0.119. The highest BCUT2D eigenvalue weighted by molar-refractivity contribution is 9.10. The summed E-state index contributed by atoms with van der Waals surface area (Å²) in [5.41, 5.74) is 3.22. The molecule has 5 nitrogen and oxygen atoms in total. The third-order valence-corrected chi connectivity index (χ3v) is 6.68. The second-order valence-corrected chi connectivity index (χ2v) is 8.70. The SMILES string of the molecule is COc1cccc([C@@H](NC(=O)CSc2cc(C)c(Br)cc2C)c2nccn2C)c1. The van der Waals surface area contributed by atoms with Crippen LogP contribution in [0.4, 0.5) is 0 Å². The summed E-state index contributed by atoms with van der Waals surface area (Å²) in [6.07, 6.45) is 3.61. The quantitative estimate of drug-likeness (QED) is 0.500. The summed E-state index contributed by atoms with van der Waals surface area (Å²) in [6.45, 7) is 4.10. The van der Waals surface area contributed by atoms with E-state index in [1.54, 1.807) is 13.3 Å². The van der Waals surface area contributed by atoms with E-state index in [9.17, 15) is 4.79 Å². The summed E-state index contributed by atoms with van der Waals surface area (Å²) in [5.74, 6) is 1.79. The monoisotopic (exact) mass is 473 g/mol. The number of rotatable bonds is 7. The number of carbonyl (C=O) groups is 1. The summed E-state index contributed by atoms with van der Waals surface area (Å²) in [7, 11) is 3.55. The van der Waals surface area contributed by atoms with E-state index in [-0.39, 0.29) is 11.9 Å². The van der Waals surface area contributed by atoms with Gasteiger partial charge in [-0.15, -0.1) is 11.8 Å². The smallest absolute Gasteiger partial charge is 0.231 e. The van der Waals surface area contributed by atoms with E-state index in [0.29, 0.717) is 5.75 Å². The minimum atomic E-state index is -0.356. The van der Waals surface area contributed by atoms with E-state index in [1.807, 2.05) is 49.0 Å². The Labute approximate surface area is 184 Å². The third kappa shape index (κ3) is 5.22. The Morgan fingerprint density at radius 2 is 2.07 bits per heavy atom. The minimum absolute atomic E-state index is 0.0502. The fourth-order valence-electron chi connectivity index (χ4n) is 3.03. The molecule has 0 aliphatic carbocycles. The first-order chi connectivity index (χ1) is 13.9. The Morgan fingerprint density at radius 1 is 1.28 bits per heavy atom. The van der Waals surface area contributed by atoms with Crippen LogP contribution in [0.5, 0.6) is 5.75 Å². The van der Waals surface area contributed by atoms with Crippen LogP contribution in [0.25, 0.3) is 0 Å². The molecule has 3 rings (SSSR count). The van der Waals surface area contributed by atoms with Crippen LogP contribution in [0.1, 0.15) is 28.6 Å². The second kappa shape index (κ2) is 9.50. The number of amides is 1. The van der Waals surface area contributed by atoms with Gasteiger partial charge >= 0.3 is 0 Å². The zero-order valence-corrected chi connectivity index (χ0v) is 19.3. The molecular formula is C22H24BrN3O2S. The summed E-state index contributed by atoms with van der Waals surface area (Å²) in [6, 6.07) is 11.5. The zero-order chi connectivity index (χ0) is 21.0. The number of benzene rings is 2. The van der Waals surface area contributed by atoms with Crippen molar-refractivity contribution in [2.24, 2.45) is 7.05 Å². The molecule has 2 aromatic carbocycles. The molecule has 0 saturated carbocycles. The molecule has 0 unspecified atom stereocenters. The van der Waals surface area contributed by atoms with Crippen LogP contribution in [-0.2, 0) is 11.8 Å². The zero-order valence-electron chi connectivity index (χ0n) is 16.9. The molecule has 7 heteroatoms. The number of thioether (sulfide) groups is 1. The Kier molecular flexibility index (Phi) is 7.03. The predicted octanol–water partition coefficient (Wildman–Crippen LogP) is 4.81. The molecule has 1 amide bonds. The van der Waals surface area contributed by atoms with Crippen LogP contribution in [0.3, 0.4) is 0 Å². The molecule has 0 saturated heterocycles. The highest BCUT2D eigenvalue weighted by atomic mass is 79.9. The summed E-state index contributed by atoms with van der Waals surface area (Å²) in [4.78, 5) is 18.4. The van der Waals surface area contributed by atoms with Gasteiger partial charge in [-0.3, -0.25) is 4.79 Å². The number of ether oxygens (including phenoxy) is 1. The molecule has 0 aliphatic heterocycles.